The third-order valence-electron chi connectivity index (χ3n) is 3.78. The van der Waals surface area contributed by atoms with Crippen molar-refractivity contribution in [3.63, 3.8) is 0 Å². The lowest BCUT2D eigenvalue weighted by atomic mass is 10.0. The molecule has 2 rings (SSSR count). The summed E-state index contributed by atoms with van der Waals surface area (Å²) >= 11 is 7.77. The molecule has 0 radical (unpaired) electrons. The van der Waals surface area contributed by atoms with Gasteiger partial charge in [0, 0.05) is 23.1 Å². The first-order chi connectivity index (χ1) is 10.2. The van der Waals surface area contributed by atoms with Crippen LogP contribution in [0.1, 0.15) is 24.8 Å². The van der Waals surface area contributed by atoms with E-state index in [0.29, 0.717) is 0 Å². The summed E-state index contributed by atoms with van der Waals surface area (Å²) in [6.07, 6.45) is 3.35. The standard InChI is InChI=1S/C16H23ClN2OS/c1-19-9-3-2-7-15(19)16(20)18-8-10-21-12-13-5-4-6-14(17)11-13/h4-6,11,15H,2-3,7-10,12H2,1H3,(H,18,20)/t15-/m0/s1. The van der Waals surface area contributed by atoms with Gasteiger partial charge in [-0.2, -0.15) is 11.8 Å². The molecule has 0 saturated carbocycles. The van der Waals surface area contributed by atoms with Crippen molar-refractivity contribution in [2.75, 3.05) is 25.9 Å². The molecule has 1 aromatic carbocycles. The Morgan fingerprint density at radius 3 is 3.10 bits per heavy atom. The number of benzene rings is 1. The van der Waals surface area contributed by atoms with Gasteiger partial charge in [-0.15, -0.1) is 0 Å². The Kier molecular flexibility index (Phi) is 6.87. The molecule has 1 aliphatic heterocycles. The number of hydrogen-bond donors (Lipinski definition) is 1. The molecule has 116 valence electrons. The number of thioether (sulfide) groups is 1. The molecule has 21 heavy (non-hydrogen) atoms. The fourth-order valence-corrected chi connectivity index (χ4v) is 3.61. The van der Waals surface area contributed by atoms with Crippen molar-refractivity contribution < 1.29 is 4.79 Å². The predicted molar refractivity (Wildman–Crippen MR) is 90.9 cm³/mol. The van der Waals surface area contributed by atoms with Gasteiger partial charge in [-0.25, -0.2) is 0 Å². The molecule has 0 bridgehead atoms. The van der Waals surface area contributed by atoms with Crippen molar-refractivity contribution in [1.29, 1.82) is 0 Å². The first kappa shape index (κ1) is 16.7. The number of amides is 1. The minimum Gasteiger partial charge on any atom is -0.354 e. The fraction of sp³-hybridized carbons (Fsp3) is 0.562. The van der Waals surface area contributed by atoms with Gasteiger partial charge in [-0.1, -0.05) is 30.2 Å². The van der Waals surface area contributed by atoms with Crippen molar-refractivity contribution in [1.82, 2.24) is 10.2 Å². The Labute approximate surface area is 136 Å². The number of piperidine rings is 1. The number of likely N-dealkylation sites (N-methyl/N-ethyl adjacent to an activating group) is 1. The third-order valence-corrected chi connectivity index (χ3v) is 5.04. The maximum atomic E-state index is 12.1. The van der Waals surface area contributed by atoms with Crippen LogP contribution in [0.5, 0.6) is 0 Å². The van der Waals surface area contributed by atoms with E-state index in [-0.39, 0.29) is 11.9 Å². The molecule has 1 heterocycles. The number of halogens is 1. The van der Waals surface area contributed by atoms with Gasteiger partial charge in [-0.3, -0.25) is 9.69 Å². The molecule has 1 aliphatic rings. The van der Waals surface area contributed by atoms with Gasteiger partial charge in [0.05, 0.1) is 6.04 Å². The molecule has 1 aromatic rings. The number of carbonyl (C=O) groups is 1. The van der Waals surface area contributed by atoms with Gasteiger partial charge in [0.1, 0.15) is 0 Å². The Bertz CT molecular complexity index is 469. The van der Waals surface area contributed by atoms with Crippen molar-refractivity contribution >= 4 is 29.3 Å². The number of nitrogens with zero attached hydrogens (tertiary/aromatic N) is 1. The Hall–Kier alpha value is -0.710. The SMILES string of the molecule is CN1CCCC[C@H]1C(=O)NCCSCc1cccc(Cl)c1. The average Bonchev–Trinajstić information content (AvgIpc) is 2.47. The summed E-state index contributed by atoms with van der Waals surface area (Å²) < 4.78 is 0. The summed E-state index contributed by atoms with van der Waals surface area (Å²) in [7, 11) is 2.04. The third kappa shape index (κ3) is 5.53. The van der Waals surface area contributed by atoms with Crippen LogP contribution in [-0.2, 0) is 10.5 Å². The monoisotopic (exact) mass is 326 g/mol. The molecule has 1 N–H and O–H groups in total. The van der Waals surface area contributed by atoms with Gasteiger partial charge >= 0.3 is 0 Å². The molecule has 3 nitrogen and oxygen atoms in total. The number of carbonyl (C=O) groups excluding carboxylic acids is 1. The van der Waals surface area contributed by atoms with E-state index in [1.165, 1.54) is 12.0 Å². The van der Waals surface area contributed by atoms with Crippen molar-refractivity contribution in [2.24, 2.45) is 0 Å². The summed E-state index contributed by atoms with van der Waals surface area (Å²) in [4.78, 5) is 14.3. The largest absolute Gasteiger partial charge is 0.354 e. The van der Waals surface area contributed by atoms with E-state index >= 15 is 0 Å². The minimum absolute atomic E-state index is 0.0664. The lowest BCUT2D eigenvalue weighted by Gasteiger charge is -2.31. The molecular weight excluding hydrogens is 304 g/mol. The van der Waals surface area contributed by atoms with Gasteiger partial charge in [0.15, 0.2) is 0 Å². The topological polar surface area (TPSA) is 32.3 Å². The van der Waals surface area contributed by atoms with Gasteiger partial charge in [0.25, 0.3) is 0 Å². The molecule has 0 unspecified atom stereocenters. The highest BCUT2D eigenvalue weighted by Crippen LogP contribution is 2.17. The molecule has 1 atom stereocenters. The normalized spacial score (nSPS) is 19.4. The molecule has 1 saturated heterocycles. The number of nitrogens with one attached hydrogen (secondary N) is 1. The van der Waals surface area contributed by atoms with E-state index in [9.17, 15) is 4.79 Å². The van der Waals surface area contributed by atoms with Crippen LogP contribution in [-0.4, -0.2) is 42.7 Å². The number of hydrogen-bond acceptors (Lipinski definition) is 3. The molecule has 1 amide bonds. The van der Waals surface area contributed by atoms with E-state index in [0.717, 1.165) is 42.5 Å². The second-order valence-electron chi connectivity index (χ2n) is 5.47. The molecule has 0 aliphatic carbocycles. The molecule has 0 spiro atoms. The smallest absolute Gasteiger partial charge is 0.237 e. The van der Waals surface area contributed by atoms with Crippen molar-refractivity contribution in [3.05, 3.63) is 34.9 Å². The van der Waals surface area contributed by atoms with Gasteiger partial charge in [-0.05, 0) is 44.1 Å². The molecule has 0 aromatic heterocycles. The minimum atomic E-state index is 0.0664. The Morgan fingerprint density at radius 1 is 1.48 bits per heavy atom. The highest BCUT2D eigenvalue weighted by molar-refractivity contribution is 7.98. The quantitative estimate of drug-likeness (QED) is 0.815. The number of likely N-dealkylation sites (tertiary alicyclic amines) is 1. The van der Waals surface area contributed by atoms with Crippen LogP contribution in [0.4, 0.5) is 0 Å². The van der Waals surface area contributed by atoms with Crippen LogP contribution >= 0.6 is 23.4 Å². The first-order valence-electron chi connectivity index (χ1n) is 7.47. The highest BCUT2D eigenvalue weighted by atomic mass is 35.5. The second kappa shape index (κ2) is 8.66. The average molecular weight is 327 g/mol. The van der Waals surface area contributed by atoms with Crippen LogP contribution in [0, 0.1) is 0 Å². The highest BCUT2D eigenvalue weighted by Gasteiger charge is 2.25. The predicted octanol–water partition coefficient (Wildman–Crippen LogP) is 3.17. The summed E-state index contributed by atoms with van der Waals surface area (Å²) in [5.41, 5.74) is 1.23. The zero-order valence-corrected chi connectivity index (χ0v) is 14.1. The lowest BCUT2D eigenvalue weighted by Crippen LogP contribution is -2.47. The maximum Gasteiger partial charge on any atom is 0.237 e. The number of rotatable bonds is 6. The lowest BCUT2D eigenvalue weighted by molar-refractivity contribution is -0.126. The van der Waals surface area contributed by atoms with E-state index in [1.807, 2.05) is 37.0 Å². The van der Waals surface area contributed by atoms with E-state index < -0.39 is 0 Å². The van der Waals surface area contributed by atoms with E-state index in [1.54, 1.807) is 0 Å². The van der Waals surface area contributed by atoms with Gasteiger partial charge in [0.2, 0.25) is 5.91 Å². The summed E-state index contributed by atoms with van der Waals surface area (Å²) in [5, 5.41) is 3.83. The van der Waals surface area contributed by atoms with E-state index in [2.05, 4.69) is 16.3 Å². The zero-order valence-electron chi connectivity index (χ0n) is 12.5. The second-order valence-corrected chi connectivity index (χ2v) is 7.01. The molecule has 5 heteroatoms. The van der Waals surface area contributed by atoms with E-state index in [4.69, 9.17) is 11.6 Å². The van der Waals surface area contributed by atoms with Crippen LogP contribution in [0.25, 0.3) is 0 Å². The maximum absolute atomic E-state index is 12.1. The van der Waals surface area contributed by atoms with Crippen LogP contribution < -0.4 is 5.32 Å². The molecule has 1 fully saturated rings. The van der Waals surface area contributed by atoms with Crippen LogP contribution in [0.3, 0.4) is 0 Å². The first-order valence-corrected chi connectivity index (χ1v) is 9.00. The van der Waals surface area contributed by atoms with Gasteiger partial charge < -0.3 is 5.32 Å². The Balaban J connectivity index is 1.62. The Morgan fingerprint density at radius 2 is 2.33 bits per heavy atom. The summed E-state index contributed by atoms with van der Waals surface area (Å²) in [6, 6.07) is 7.99. The fourth-order valence-electron chi connectivity index (χ4n) is 2.59. The zero-order chi connectivity index (χ0) is 15.1. The van der Waals surface area contributed by atoms with Crippen molar-refractivity contribution in [2.45, 2.75) is 31.1 Å². The van der Waals surface area contributed by atoms with Crippen molar-refractivity contribution in [3.8, 4) is 0 Å². The van der Waals surface area contributed by atoms with Crippen LogP contribution in [0.15, 0.2) is 24.3 Å². The molecular formula is C16H23ClN2OS. The summed E-state index contributed by atoms with van der Waals surface area (Å²) in [6.45, 7) is 1.76. The summed E-state index contributed by atoms with van der Waals surface area (Å²) in [5.74, 6) is 2.04. The van der Waals surface area contributed by atoms with Crippen LogP contribution in [0.2, 0.25) is 5.02 Å².